The van der Waals surface area contributed by atoms with Crippen LogP contribution in [-0.4, -0.2) is 10.1 Å². The lowest BCUT2D eigenvalue weighted by molar-refractivity contribution is 0.199. The predicted octanol–water partition coefficient (Wildman–Crippen LogP) is 2.58. The summed E-state index contributed by atoms with van der Waals surface area (Å²) in [5.74, 6) is -0.822. The van der Waals surface area contributed by atoms with Crippen molar-refractivity contribution in [2.75, 3.05) is 0 Å². The van der Waals surface area contributed by atoms with Crippen LogP contribution in [0, 0.1) is 5.95 Å². The van der Waals surface area contributed by atoms with E-state index in [0.717, 1.165) is 6.20 Å². The van der Waals surface area contributed by atoms with Gasteiger partial charge in [0.25, 0.3) is 0 Å². The first kappa shape index (κ1) is 9.71. The number of aromatic nitrogens is 1. The van der Waals surface area contributed by atoms with E-state index >= 15 is 0 Å². The number of rotatable bonds is 1. The Morgan fingerprint density at radius 3 is 2.58 bits per heavy atom. The third-order valence-electron chi connectivity index (χ3n) is 1.38. The molecule has 2 nitrogen and oxygen atoms in total. The molecule has 0 saturated carbocycles. The predicted molar refractivity (Wildman–Crippen MR) is 44.8 cm³/mol. The number of nitrogens with zero attached hydrogens (tertiary/aromatic N) is 1. The van der Waals surface area contributed by atoms with Crippen molar-refractivity contribution in [1.29, 1.82) is 0 Å². The smallest absolute Gasteiger partial charge is 0.232 e. The van der Waals surface area contributed by atoms with E-state index in [1.807, 2.05) is 0 Å². The van der Waals surface area contributed by atoms with Gasteiger partial charge in [0.2, 0.25) is 5.95 Å². The number of aliphatic hydroxyl groups is 1. The number of hydrogen-bond acceptors (Lipinski definition) is 2. The summed E-state index contributed by atoms with van der Waals surface area (Å²) in [5, 5.41) is 9.09. The number of hydrogen-bond donors (Lipinski definition) is 1. The summed E-state index contributed by atoms with van der Waals surface area (Å²) in [6.07, 6.45) is 0.215. The van der Waals surface area contributed by atoms with Crippen LogP contribution in [0.2, 0.25) is 10.0 Å². The minimum atomic E-state index is -0.900. The van der Waals surface area contributed by atoms with Gasteiger partial charge in [0.1, 0.15) is 5.02 Å². The molecule has 12 heavy (non-hydrogen) atoms. The van der Waals surface area contributed by atoms with E-state index in [1.54, 1.807) is 0 Å². The molecule has 5 heteroatoms. The second-order valence-corrected chi connectivity index (χ2v) is 3.09. The molecular weight excluding hydrogens is 204 g/mol. The van der Waals surface area contributed by atoms with E-state index in [4.69, 9.17) is 28.3 Å². The van der Waals surface area contributed by atoms with Gasteiger partial charge >= 0.3 is 0 Å². The number of aliphatic hydroxyl groups excluding tert-OH is 1. The van der Waals surface area contributed by atoms with E-state index in [0.29, 0.717) is 0 Å². The van der Waals surface area contributed by atoms with E-state index in [1.165, 1.54) is 6.92 Å². The largest absolute Gasteiger partial charge is 0.389 e. The van der Waals surface area contributed by atoms with Crippen LogP contribution in [0.25, 0.3) is 0 Å². The molecule has 0 spiro atoms. The highest BCUT2D eigenvalue weighted by molar-refractivity contribution is 6.35. The fraction of sp³-hybridized carbons (Fsp3) is 0.286. The first-order chi connectivity index (χ1) is 5.54. The van der Waals surface area contributed by atoms with Gasteiger partial charge in [0.15, 0.2) is 0 Å². The number of halogens is 3. The molecule has 0 unspecified atom stereocenters. The van der Waals surface area contributed by atoms with Gasteiger partial charge in [-0.15, -0.1) is 0 Å². The van der Waals surface area contributed by atoms with E-state index in [9.17, 15) is 4.39 Å². The Bertz CT molecular complexity index is 304. The fourth-order valence-corrected chi connectivity index (χ4v) is 1.50. The summed E-state index contributed by atoms with van der Waals surface area (Å²) in [5.41, 5.74) is 0.172. The first-order valence-corrected chi connectivity index (χ1v) is 3.97. The topological polar surface area (TPSA) is 33.1 Å². The fourth-order valence-electron chi connectivity index (χ4n) is 0.838. The van der Waals surface area contributed by atoms with Gasteiger partial charge in [-0.05, 0) is 6.92 Å². The highest BCUT2D eigenvalue weighted by Crippen LogP contribution is 2.30. The third kappa shape index (κ3) is 1.68. The zero-order valence-electron chi connectivity index (χ0n) is 6.18. The normalized spacial score (nSPS) is 13.1. The van der Waals surface area contributed by atoms with Crippen molar-refractivity contribution >= 4 is 23.2 Å². The summed E-state index contributed by atoms with van der Waals surface area (Å²) in [7, 11) is 0. The van der Waals surface area contributed by atoms with Crippen LogP contribution in [0.5, 0.6) is 0 Å². The Morgan fingerprint density at radius 2 is 2.17 bits per heavy atom. The van der Waals surface area contributed by atoms with Crippen molar-refractivity contribution in [2.24, 2.45) is 0 Å². The molecular formula is C7H6Cl2FNO. The SMILES string of the molecule is C[C@H](O)c1c(Cl)cnc(F)c1Cl. The molecule has 0 aliphatic carbocycles. The van der Waals surface area contributed by atoms with Crippen molar-refractivity contribution in [3.8, 4) is 0 Å². The highest BCUT2D eigenvalue weighted by atomic mass is 35.5. The van der Waals surface area contributed by atoms with E-state index in [2.05, 4.69) is 4.98 Å². The summed E-state index contributed by atoms with van der Waals surface area (Å²) in [6.45, 7) is 1.45. The molecule has 66 valence electrons. The molecule has 0 bridgehead atoms. The van der Waals surface area contributed by atoms with Gasteiger partial charge in [-0.1, -0.05) is 23.2 Å². The second-order valence-electron chi connectivity index (χ2n) is 2.30. The second kappa shape index (κ2) is 3.56. The van der Waals surface area contributed by atoms with Gasteiger partial charge in [-0.3, -0.25) is 0 Å². The monoisotopic (exact) mass is 209 g/mol. The van der Waals surface area contributed by atoms with Crippen LogP contribution < -0.4 is 0 Å². The molecule has 1 atom stereocenters. The minimum absolute atomic E-state index is 0.163. The standard InChI is InChI=1S/C7H6Cl2FNO/c1-3(12)5-4(8)2-11-7(10)6(5)9/h2-3,12H,1H3/t3-/m0/s1. The Balaban J connectivity index is 3.33. The maximum atomic E-state index is 12.7. The van der Waals surface area contributed by atoms with Gasteiger partial charge in [0.05, 0.1) is 11.1 Å². The molecule has 0 amide bonds. The Labute approximate surface area is 78.9 Å². The molecule has 1 heterocycles. The van der Waals surface area contributed by atoms with Gasteiger partial charge < -0.3 is 5.11 Å². The molecule has 0 aliphatic rings. The van der Waals surface area contributed by atoms with E-state index in [-0.39, 0.29) is 15.6 Å². The maximum absolute atomic E-state index is 12.7. The van der Waals surface area contributed by atoms with Crippen molar-refractivity contribution in [3.63, 3.8) is 0 Å². The Morgan fingerprint density at radius 1 is 1.58 bits per heavy atom. The van der Waals surface area contributed by atoms with Crippen LogP contribution in [0.3, 0.4) is 0 Å². The molecule has 1 aromatic rings. The molecule has 0 radical (unpaired) electrons. The first-order valence-electron chi connectivity index (χ1n) is 3.21. The van der Waals surface area contributed by atoms with E-state index < -0.39 is 12.1 Å². The lowest BCUT2D eigenvalue weighted by atomic mass is 10.2. The molecule has 1 aromatic heterocycles. The van der Waals surface area contributed by atoms with Crippen molar-refractivity contribution in [3.05, 3.63) is 27.8 Å². The summed E-state index contributed by atoms with van der Waals surface area (Å²) >= 11 is 11.1. The average Bonchev–Trinajstić information content (AvgIpc) is 1.97. The van der Waals surface area contributed by atoms with Crippen LogP contribution in [0.1, 0.15) is 18.6 Å². The minimum Gasteiger partial charge on any atom is -0.389 e. The maximum Gasteiger partial charge on any atom is 0.232 e. The quantitative estimate of drug-likeness (QED) is 0.722. The van der Waals surface area contributed by atoms with Crippen LogP contribution in [-0.2, 0) is 0 Å². The number of pyridine rings is 1. The molecule has 0 aliphatic heterocycles. The van der Waals surface area contributed by atoms with Gasteiger partial charge in [0, 0.05) is 11.8 Å². The van der Waals surface area contributed by atoms with Crippen molar-refractivity contribution in [1.82, 2.24) is 4.98 Å². The molecule has 1 rings (SSSR count). The summed E-state index contributed by atoms with van der Waals surface area (Å²) < 4.78 is 12.7. The Hall–Kier alpha value is -0.380. The summed E-state index contributed by atoms with van der Waals surface area (Å²) in [6, 6.07) is 0. The lowest BCUT2D eigenvalue weighted by Crippen LogP contribution is -1.97. The molecule has 1 N–H and O–H groups in total. The van der Waals surface area contributed by atoms with Crippen LogP contribution in [0.4, 0.5) is 4.39 Å². The van der Waals surface area contributed by atoms with Gasteiger partial charge in [-0.2, -0.15) is 4.39 Å². The summed E-state index contributed by atoms with van der Waals surface area (Å²) in [4.78, 5) is 3.28. The lowest BCUT2D eigenvalue weighted by Gasteiger charge is -2.08. The van der Waals surface area contributed by atoms with Crippen LogP contribution in [0.15, 0.2) is 6.20 Å². The highest BCUT2D eigenvalue weighted by Gasteiger charge is 2.15. The molecule has 0 saturated heterocycles. The van der Waals surface area contributed by atoms with Gasteiger partial charge in [-0.25, -0.2) is 4.98 Å². The third-order valence-corrected chi connectivity index (χ3v) is 2.04. The average molecular weight is 210 g/mol. The van der Waals surface area contributed by atoms with Crippen molar-refractivity contribution in [2.45, 2.75) is 13.0 Å². The molecule has 0 fully saturated rings. The molecule has 0 aromatic carbocycles. The van der Waals surface area contributed by atoms with Crippen molar-refractivity contribution < 1.29 is 9.50 Å². The Kier molecular flexibility index (Phi) is 2.88. The van der Waals surface area contributed by atoms with Crippen LogP contribution >= 0.6 is 23.2 Å². The zero-order valence-corrected chi connectivity index (χ0v) is 7.69. The zero-order chi connectivity index (χ0) is 9.30.